The van der Waals surface area contributed by atoms with Gasteiger partial charge in [-0.1, -0.05) is 6.92 Å². The summed E-state index contributed by atoms with van der Waals surface area (Å²) in [6.07, 6.45) is 0. The summed E-state index contributed by atoms with van der Waals surface area (Å²) in [5, 5.41) is 6.73. The van der Waals surface area contributed by atoms with Gasteiger partial charge in [0.25, 0.3) is 0 Å². The molecule has 0 fully saturated rings. The first-order chi connectivity index (χ1) is 9.42. The van der Waals surface area contributed by atoms with Crippen molar-refractivity contribution >= 4 is 29.9 Å². The van der Waals surface area contributed by atoms with Crippen molar-refractivity contribution in [3.63, 3.8) is 0 Å². The predicted octanol–water partition coefficient (Wildman–Crippen LogP) is 1.84. The largest absolute Gasteiger partial charge is 0.355 e. The molecular weight excluding hydrogens is 377 g/mol. The first kappa shape index (κ1) is 23.2. The first-order valence-electron chi connectivity index (χ1n) is 7.81. The van der Waals surface area contributed by atoms with E-state index in [0.29, 0.717) is 12.1 Å². The molecule has 5 nitrogen and oxygen atoms in total. The van der Waals surface area contributed by atoms with Crippen LogP contribution in [0.3, 0.4) is 0 Å². The van der Waals surface area contributed by atoms with Crippen molar-refractivity contribution in [1.29, 1.82) is 0 Å². The molecule has 128 valence electrons. The highest BCUT2D eigenvalue weighted by Gasteiger charge is 2.12. The number of nitrogens with zero attached hydrogens (tertiary/aromatic N) is 3. The van der Waals surface area contributed by atoms with Crippen LogP contribution in [-0.4, -0.2) is 74.7 Å². The van der Waals surface area contributed by atoms with Crippen molar-refractivity contribution in [2.24, 2.45) is 4.99 Å². The van der Waals surface area contributed by atoms with Crippen LogP contribution < -0.4 is 10.6 Å². The summed E-state index contributed by atoms with van der Waals surface area (Å²) in [5.74, 6) is 0.891. The number of rotatable bonds is 9. The third-order valence-electron chi connectivity index (χ3n) is 3.54. The van der Waals surface area contributed by atoms with Crippen molar-refractivity contribution in [2.75, 3.05) is 46.8 Å². The molecule has 0 radical (unpaired) electrons. The van der Waals surface area contributed by atoms with Gasteiger partial charge in [-0.25, -0.2) is 0 Å². The van der Waals surface area contributed by atoms with E-state index in [1.807, 2.05) is 7.05 Å². The zero-order valence-corrected chi connectivity index (χ0v) is 17.3. The maximum absolute atomic E-state index is 4.25. The van der Waals surface area contributed by atoms with Gasteiger partial charge in [0.2, 0.25) is 0 Å². The van der Waals surface area contributed by atoms with E-state index in [2.05, 4.69) is 67.1 Å². The quantitative estimate of drug-likeness (QED) is 0.344. The molecule has 0 aliphatic heterocycles. The van der Waals surface area contributed by atoms with Crippen molar-refractivity contribution in [3.8, 4) is 0 Å². The number of likely N-dealkylation sites (N-methyl/N-ethyl adjacent to an activating group) is 1. The molecule has 0 heterocycles. The summed E-state index contributed by atoms with van der Waals surface area (Å²) in [6.45, 7) is 16.1. The molecule has 0 amide bonds. The second kappa shape index (κ2) is 13.6. The molecule has 0 aromatic carbocycles. The van der Waals surface area contributed by atoms with Crippen LogP contribution in [0.1, 0.15) is 34.6 Å². The molecule has 6 heteroatoms. The number of aliphatic imine (C=N–C) groups is 1. The Kier molecular flexibility index (Phi) is 15.0. The number of hydrogen-bond acceptors (Lipinski definition) is 3. The number of nitrogens with one attached hydrogen (secondary N) is 2. The lowest BCUT2D eigenvalue weighted by Gasteiger charge is -2.30. The number of hydrogen-bond donors (Lipinski definition) is 2. The van der Waals surface area contributed by atoms with E-state index in [-0.39, 0.29) is 24.0 Å². The molecule has 21 heavy (non-hydrogen) atoms. The van der Waals surface area contributed by atoms with Crippen molar-refractivity contribution in [3.05, 3.63) is 0 Å². The van der Waals surface area contributed by atoms with E-state index in [0.717, 1.165) is 38.7 Å². The van der Waals surface area contributed by atoms with Gasteiger partial charge in [-0.15, -0.1) is 24.0 Å². The maximum Gasteiger partial charge on any atom is 0.191 e. The van der Waals surface area contributed by atoms with Crippen LogP contribution in [0.25, 0.3) is 0 Å². The normalized spacial score (nSPS) is 12.2. The van der Waals surface area contributed by atoms with Crippen LogP contribution >= 0.6 is 24.0 Å². The average Bonchev–Trinajstić information content (AvgIpc) is 2.40. The van der Waals surface area contributed by atoms with E-state index >= 15 is 0 Å². The highest BCUT2D eigenvalue weighted by Crippen LogP contribution is 2.03. The molecule has 0 saturated carbocycles. The lowest BCUT2D eigenvalue weighted by molar-refractivity contribution is 0.178. The van der Waals surface area contributed by atoms with E-state index in [1.165, 1.54) is 0 Å². The fourth-order valence-corrected chi connectivity index (χ4v) is 2.16. The Morgan fingerprint density at radius 2 is 1.48 bits per heavy atom. The van der Waals surface area contributed by atoms with Crippen LogP contribution in [0.15, 0.2) is 4.99 Å². The number of halogens is 1. The zero-order chi connectivity index (χ0) is 15.5. The van der Waals surface area contributed by atoms with Gasteiger partial charge in [0.15, 0.2) is 5.96 Å². The SMILES string of the molecule is CCN(C)CCNC(=NC)NCCN(C(C)C)C(C)C.I. The minimum atomic E-state index is 0. The molecule has 0 saturated heterocycles. The lowest BCUT2D eigenvalue weighted by atomic mass is 10.2. The number of guanidine groups is 1. The standard InChI is InChI=1S/C15H35N5.HI/c1-8-19(7)11-9-17-15(16-6)18-10-12-20(13(2)3)14(4)5;/h13-14H,8-12H2,1-7H3,(H2,16,17,18);1H. The fourth-order valence-electron chi connectivity index (χ4n) is 2.16. The minimum Gasteiger partial charge on any atom is -0.355 e. The molecule has 0 aromatic rings. The van der Waals surface area contributed by atoms with Gasteiger partial charge in [-0.3, -0.25) is 9.89 Å². The summed E-state index contributed by atoms with van der Waals surface area (Å²) in [7, 11) is 3.95. The molecule has 0 rings (SSSR count). The summed E-state index contributed by atoms with van der Waals surface area (Å²) >= 11 is 0. The first-order valence-corrected chi connectivity index (χ1v) is 7.81. The van der Waals surface area contributed by atoms with Gasteiger partial charge < -0.3 is 15.5 Å². The van der Waals surface area contributed by atoms with E-state index < -0.39 is 0 Å². The third kappa shape index (κ3) is 11.2. The highest BCUT2D eigenvalue weighted by atomic mass is 127. The van der Waals surface area contributed by atoms with Gasteiger partial charge in [0, 0.05) is 45.3 Å². The molecular formula is C15H36IN5. The van der Waals surface area contributed by atoms with Crippen LogP contribution in [0.5, 0.6) is 0 Å². The third-order valence-corrected chi connectivity index (χ3v) is 3.54. The maximum atomic E-state index is 4.25. The molecule has 0 aliphatic carbocycles. The topological polar surface area (TPSA) is 42.9 Å². The van der Waals surface area contributed by atoms with Crippen molar-refractivity contribution < 1.29 is 0 Å². The molecule has 0 atom stereocenters. The van der Waals surface area contributed by atoms with E-state index in [9.17, 15) is 0 Å². The van der Waals surface area contributed by atoms with Crippen molar-refractivity contribution in [1.82, 2.24) is 20.4 Å². The average molecular weight is 413 g/mol. The Bertz CT molecular complexity index is 261. The van der Waals surface area contributed by atoms with Gasteiger partial charge in [0.1, 0.15) is 0 Å². The lowest BCUT2D eigenvalue weighted by Crippen LogP contribution is -2.46. The van der Waals surface area contributed by atoms with E-state index in [1.54, 1.807) is 0 Å². The fraction of sp³-hybridized carbons (Fsp3) is 0.933. The molecule has 2 N–H and O–H groups in total. The summed E-state index contributed by atoms with van der Waals surface area (Å²) in [6, 6.07) is 1.15. The van der Waals surface area contributed by atoms with E-state index in [4.69, 9.17) is 0 Å². The molecule has 0 aromatic heterocycles. The summed E-state index contributed by atoms with van der Waals surface area (Å²) in [5.41, 5.74) is 0. The Hall–Kier alpha value is -0.0800. The van der Waals surface area contributed by atoms with Gasteiger partial charge in [-0.05, 0) is 41.3 Å². The van der Waals surface area contributed by atoms with Gasteiger partial charge in [0.05, 0.1) is 0 Å². The Labute approximate surface area is 149 Å². The Balaban J connectivity index is 0. The van der Waals surface area contributed by atoms with Crippen LogP contribution in [0.2, 0.25) is 0 Å². The zero-order valence-electron chi connectivity index (χ0n) is 14.9. The second-order valence-electron chi connectivity index (χ2n) is 5.75. The predicted molar refractivity (Wildman–Crippen MR) is 105 cm³/mol. The van der Waals surface area contributed by atoms with Gasteiger partial charge >= 0.3 is 0 Å². The van der Waals surface area contributed by atoms with Crippen LogP contribution in [0.4, 0.5) is 0 Å². The van der Waals surface area contributed by atoms with Crippen molar-refractivity contribution in [2.45, 2.75) is 46.7 Å². The molecule has 0 spiro atoms. The van der Waals surface area contributed by atoms with Gasteiger partial charge in [-0.2, -0.15) is 0 Å². The second-order valence-corrected chi connectivity index (χ2v) is 5.75. The molecule has 0 bridgehead atoms. The minimum absolute atomic E-state index is 0. The summed E-state index contributed by atoms with van der Waals surface area (Å²) < 4.78 is 0. The molecule has 0 aliphatic rings. The highest BCUT2D eigenvalue weighted by molar-refractivity contribution is 14.0. The monoisotopic (exact) mass is 413 g/mol. The van der Waals surface area contributed by atoms with Crippen LogP contribution in [0, 0.1) is 0 Å². The molecule has 0 unspecified atom stereocenters. The summed E-state index contributed by atoms with van der Waals surface area (Å²) in [4.78, 5) is 9.01. The Morgan fingerprint density at radius 3 is 1.86 bits per heavy atom. The smallest absolute Gasteiger partial charge is 0.191 e. The van der Waals surface area contributed by atoms with Crippen LogP contribution in [-0.2, 0) is 0 Å². The Morgan fingerprint density at radius 1 is 1.00 bits per heavy atom.